The highest BCUT2D eigenvalue weighted by atomic mass is 79.9. The molecule has 0 amide bonds. The van der Waals surface area contributed by atoms with E-state index in [2.05, 4.69) is 15.9 Å². The van der Waals surface area contributed by atoms with Crippen molar-refractivity contribution in [2.45, 2.75) is 25.9 Å². The highest BCUT2D eigenvalue weighted by molar-refractivity contribution is 9.10. The molecule has 2 aliphatic rings. The molecule has 9 heteroatoms. The zero-order chi connectivity index (χ0) is 16.5. The second-order valence-corrected chi connectivity index (χ2v) is 9.53. The van der Waals surface area contributed by atoms with Crippen LogP contribution in [0.25, 0.3) is 0 Å². The fourth-order valence-electron chi connectivity index (χ4n) is 3.11. The average molecular weight is 466 g/mol. The number of hydrogen-bond acceptors (Lipinski definition) is 2. The Morgan fingerprint density at radius 1 is 1.23 bits per heavy atom. The fraction of sp³-hybridized carbons (Fsp3) is 0.385. The van der Waals surface area contributed by atoms with Crippen LogP contribution in [0.1, 0.15) is 17.9 Å². The standard InChI is InChI=1S/C13H7BrCl5NO2/c14-13(19)11(17)5-8(12(13,18)10(16)9(11)15)6-2-1-3-7(4-6)20(21)22/h1-4,8H,5H2/t8-,11+,12+,13+/m1/s1. The van der Waals surface area contributed by atoms with Gasteiger partial charge in [-0.15, -0.1) is 34.8 Å². The molecule has 1 aromatic rings. The van der Waals surface area contributed by atoms with Gasteiger partial charge in [0.15, 0.2) is 0 Å². The minimum Gasteiger partial charge on any atom is -0.258 e. The smallest absolute Gasteiger partial charge is 0.258 e. The summed E-state index contributed by atoms with van der Waals surface area (Å²) in [6, 6.07) is 6.18. The number of nitro groups is 1. The summed E-state index contributed by atoms with van der Waals surface area (Å²) in [5, 5.41) is 11.3. The summed E-state index contributed by atoms with van der Waals surface area (Å²) >= 11 is 35.8. The average Bonchev–Trinajstić information content (AvgIpc) is 2.69. The van der Waals surface area contributed by atoms with E-state index in [4.69, 9.17) is 58.0 Å². The fourth-order valence-corrected chi connectivity index (χ4v) is 6.47. The van der Waals surface area contributed by atoms with E-state index in [1.165, 1.54) is 12.1 Å². The number of benzene rings is 1. The third kappa shape index (κ3) is 1.88. The molecule has 1 fully saturated rings. The predicted octanol–water partition coefficient (Wildman–Crippen LogP) is 6.07. The predicted molar refractivity (Wildman–Crippen MR) is 93.9 cm³/mol. The van der Waals surface area contributed by atoms with Crippen LogP contribution in [0.2, 0.25) is 0 Å². The van der Waals surface area contributed by atoms with E-state index < -0.39 is 24.4 Å². The molecule has 0 aliphatic heterocycles. The van der Waals surface area contributed by atoms with Crippen molar-refractivity contribution in [1.29, 1.82) is 0 Å². The third-order valence-electron chi connectivity index (χ3n) is 4.26. The van der Waals surface area contributed by atoms with E-state index in [9.17, 15) is 10.1 Å². The van der Waals surface area contributed by atoms with Gasteiger partial charge in [0.1, 0.15) is 13.5 Å². The molecule has 0 unspecified atom stereocenters. The Balaban J connectivity index is 2.17. The molecule has 2 aliphatic carbocycles. The molecule has 2 bridgehead atoms. The zero-order valence-corrected chi connectivity index (χ0v) is 16.0. The topological polar surface area (TPSA) is 43.1 Å². The van der Waals surface area contributed by atoms with Crippen molar-refractivity contribution in [3.05, 3.63) is 50.0 Å². The van der Waals surface area contributed by atoms with Crippen molar-refractivity contribution in [2.75, 3.05) is 0 Å². The monoisotopic (exact) mass is 463 g/mol. The van der Waals surface area contributed by atoms with Crippen molar-refractivity contribution in [1.82, 2.24) is 0 Å². The van der Waals surface area contributed by atoms with Gasteiger partial charge < -0.3 is 0 Å². The van der Waals surface area contributed by atoms with E-state index in [0.29, 0.717) is 12.0 Å². The lowest BCUT2D eigenvalue weighted by Gasteiger charge is -2.34. The van der Waals surface area contributed by atoms with E-state index in [0.717, 1.165) is 0 Å². The summed E-state index contributed by atoms with van der Waals surface area (Å²) in [6.07, 6.45) is 0.309. The number of allylic oxidation sites excluding steroid dienone is 2. The Morgan fingerprint density at radius 2 is 1.86 bits per heavy atom. The number of nitro benzene ring substituents is 1. The van der Waals surface area contributed by atoms with Crippen molar-refractivity contribution in [3.63, 3.8) is 0 Å². The van der Waals surface area contributed by atoms with Gasteiger partial charge in [0.25, 0.3) is 5.69 Å². The molecular formula is C13H7BrCl5NO2. The summed E-state index contributed by atoms with van der Waals surface area (Å²) in [4.78, 5) is 8.03. The molecule has 0 N–H and O–H groups in total. The first kappa shape index (κ1) is 17.1. The van der Waals surface area contributed by atoms with Gasteiger partial charge >= 0.3 is 0 Å². The molecule has 0 aromatic heterocycles. The summed E-state index contributed by atoms with van der Waals surface area (Å²) in [5.41, 5.74) is 0.601. The van der Waals surface area contributed by atoms with Crippen LogP contribution in [0.3, 0.4) is 0 Å². The minimum absolute atomic E-state index is 0.0369. The van der Waals surface area contributed by atoms with E-state index in [1.54, 1.807) is 12.1 Å². The molecule has 3 rings (SSSR count). The van der Waals surface area contributed by atoms with Gasteiger partial charge in [-0.3, -0.25) is 10.1 Å². The highest BCUT2D eigenvalue weighted by Gasteiger charge is 2.78. The Labute approximate surface area is 159 Å². The van der Waals surface area contributed by atoms with Crippen LogP contribution in [0.5, 0.6) is 0 Å². The zero-order valence-electron chi connectivity index (χ0n) is 10.6. The van der Waals surface area contributed by atoms with Crippen LogP contribution in [0, 0.1) is 10.1 Å². The minimum atomic E-state index is -1.29. The number of fused-ring (bicyclic) bond motifs is 2. The van der Waals surface area contributed by atoms with Crippen LogP contribution in [0.4, 0.5) is 5.69 Å². The van der Waals surface area contributed by atoms with Gasteiger partial charge in [-0.05, 0) is 12.0 Å². The maximum atomic E-state index is 11.0. The first-order chi connectivity index (χ1) is 10.1. The van der Waals surface area contributed by atoms with Gasteiger partial charge in [-0.2, -0.15) is 0 Å². The third-order valence-corrected chi connectivity index (χ3v) is 9.49. The first-order valence-electron chi connectivity index (χ1n) is 6.13. The maximum absolute atomic E-state index is 11.0. The summed E-state index contributed by atoms with van der Waals surface area (Å²) in [5.74, 6) is -0.418. The summed E-state index contributed by atoms with van der Waals surface area (Å²) in [7, 11) is 0. The van der Waals surface area contributed by atoms with E-state index in [1.807, 2.05) is 0 Å². The second kappa shape index (κ2) is 5.14. The van der Waals surface area contributed by atoms with Crippen LogP contribution in [0.15, 0.2) is 34.3 Å². The van der Waals surface area contributed by atoms with E-state index >= 15 is 0 Å². The second-order valence-electron chi connectivity index (χ2n) is 5.32. The van der Waals surface area contributed by atoms with Crippen molar-refractivity contribution in [2.24, 2.45) is 0 Å². The Hall–Kier alpha value is 0.290. The number of nitrogens with zero attached hydrogens (tertiary/aromatic N) is 1. The van der Waals surface area contributed by atoms with Gasteiger partial charge in [-0.25, -0.2) is 0 Å². The summed E-state index contributed by atoms with van der Waals surface area (Å²) in [6.45, 7) is 0. The molecule has 1 aromatic carbocycles. The number of hydrogen-bond donors (Lipinski definition) is 0. The number of halogens is 6. The van der Waals surface area contributed by atoms with Crippen molar-refractivity contribution >= 4 is 79.6 Å². The summed E-state index contributed by atoms with van der Waals surface area (Å²) < 4.78 is -1.29. The molecule has 1 saturated carbocycles. The van der Waals surface area contributed by atoms with Gasteiger partial charge in [0.2, 0.25) is 0 Å². The van der Waals surface area contributed by atoms with Gasteiger partial charge in [-0.1, -0.05) is 51.3 Å². The Morgan fingerprint density at radius 3 is 2.36 bits per heavy atom. The molecule has 0 saturated heterocycles. The molecular weight excluding hydrogens is 459 g/mol. The number of alkyl halides is 4. The van der Waals surface area contributed by atoms with Crippen LogP contribution < -0.4 is 0 Å². The quantitative estimate of drug-likeness (QED) is 0.302. The van der Waals surface area contributed by atoms with Gasteiger partial charge in [0, 0.05) is 18.1 Å². The van der Waals surface area contributed by atoms with Crippen molar-refractivity contribution < 1.29 is 4.92 Å². The molecule has 0 spiro atoms. The maximum Gasteiger partial charge on any atom is 0.269 e. The normalized spacial score (nSPS) is 40.4. The lowest BCUT2D eigenvalue weighted by Crippen LogP contribution is -2.43. The number of rotatable bonds is 2. The molecule has 118 valence electrons. The number of non-ortho nitro benzene ring substituents is 1. The van der Waals surface area contributed by atoms with Crippen LogP contribution in [-0.2, 0) is 0 Å². The molecule has 0 heterocycles. The lowest BCUT2D eigenvalue weighted by atomic mass is 9.85. The van der Waals surface area contributed by atoms with E-state index in [-0.39, 0.29) is 15.8 Å². The van der Waals surface area contributed by atoms with Crippen LogP contribution >= 0.6 is 73.9 Å². The molecule has 4 atom stereocenters. The highest BCUT2D eigenvalue weighted by Crippen LogP contribution is 2.76. The van der Waals surface area contributed by atoms with Crippen molar-refractivity contribution in [3.8, 4) is 0 Å². The Kier molecular flexibility index (Phi) is 4.00. The van der Waals surface area contributed by atoms with Gasteiger partial charge in [0.05, 0.1) is 15.0 Å². The van der Waals surface area contributed by atoms with Crippen LogP contribution in [-0.4, -0.2) is 18.5 Å². The first-order valence-corrected chi connectivity index (χ1v) is 8.82. The SMILES string of the molecule is O=[N+]([O-])c1cccc([C@H]2C[C@]3(Cl)C(Cl)=C(Cl)[C@]2(Cl)[C@]3(Cl)Br)c1. The molecule has 22 heavy (non-hydrogen) atoms. The lowest BCUT2D eigenvalue weighted by molar-refractivity contribution is -0.384. The largest absolute Gasteiger partial charge is 0.269 e. The molecule has 0 radical (unpaired) electrons. The molecule has 3 nitrogen and oxygen atoms in total. The Bertz CT molecular complexity index is 724.